The number of unbranched alkanes of at least 4 members (excludes halogenated alkanes) is 43. The smallest absolute Gasteiger partial charge is 0.462 e. The highest BCUT2D eigenvalue weighted by Gasteiger charge is 2.28. The second-order valence-electron chi connectivity index (χ2n) is 23.7. The van der Waals surface area contributed by atoms with Crippen molar-refractivity contribution in [2.45, 2.75) is 367 Å². The summed E-state index contributed by atoms with van der Waals surface area (Å²) in [7, 11) is -4.75. The molecule has 482 valence electrons. The summed E-state index contributed by atoms with van der Waals surface area (Å²) < 4.78 is 39.8. The molecule has 0 aromatic heterocycles. The Morgan fingerprint density at radius 2 is 0.598 bits per heavy atom. The van der Waals surface area contributed by atoms with E-state index in [2.05, 4.69) is 57.2 Å². The van der Waals surface area contributed by atoms with Crippen LogP contribution in [0.25, 0.3) is 0 Å². The van der Waals surface area contributed by atoms with E-state index >= 15 is 0 Å². The summed E-state index contributed by atoms with van der Waals surface area (Å²) in [5.41, 5.74) is 0. The summed E-state index contributed by atoms with van der Waals surface area (Å²) in [6.07, 6.45) is 70.9. The average molecular weight is 1180 g/mol. The molecule has 0 aromatic rings. The molecular formula is C70H131O11P. The van der Waals surface area contributed by atoms with Gasteiger partial charge in [-0.2, -0.15) is 0 Å². The Balaban J connectivity index is 4.65. The van der Waals surface area contributed by atoms with Crippen molar-refractivity contribution in [2.24, 2.45) is 0 Å². The fraction of sp³-hybridized carbons (Fsp3) is 0.871. The Bertz CT molecular complexity index is 1520. The van der Waals surface area contributed by atoms with E-state index in [0.717, 1.165) is 77.0 Å². The lowest BCUT2D eigenvalue weighted by Crippen LogP contribution is -2.30. The van der Waals surface area contributed by atoms with E-state index in [1.165, 1.54) is 218 Å². The second-order valence-corrected chi connectivity index (χ2v) is 25.2. The number of hydrogen-bond acceptors (Lipinski definition) is 10. The van der Waals surface area contributed by atoms with Crippen LogP contribution in [-0.4, -0.2) is 66.5 Å². The lowest BCUT2D eigenvalue weighted by atomic mass is 10.0. The van der Waals surface area contributed by atoms with Crippen molar-refractivity contribution < 1.29 is 52.2 Å². The first-order valence-electron chi connectivity index (χ1n) is 34.9. The quantitative estimate of drug-likeness (QED) is 0.0197. The summed E-state index contributed by atoms with van der Waals surface area (Å²) in [5.74, 6) is -1.44. The minimum absolute atomic E-state index is 0.173. The lowest BCUT2D eigenvalue weighted by Gasteiger charge is -2.21. The molecule has 0 rings (SSSR count). The molecule has 11 nitrogen and oxygen atoms in total. The van der Waals surface area contributed by atoms with Gasteiger partial charge in [-0.1, -0.05) is 295 Å². The van der Waals surface area contributed by atoms with Crippen LogP contribution < -0.4 is 0 Å². The Morgan fingerprint density at radius 3 is 0.939 bits per heavy atom. The predicted octanol–water partition coefficient (Wildman–Crippen LogP) is 21.5. The summed E-state index contributed by atoms with van der Waals surface area (Å²) in [6, 6.07) is 0. The van der Waals surface area contributed by atoms with E-state index in [0.29, 0.717) is 19.3 Å². The number of hydrogen-bond donors (Lipinski definition) is 2. The molecule has 3 unspecified atom stereocenters. The Labute approximate surface area is 505 Å². The van der Waals surface area contributed by atoms with Gasteiger partial charge in [-0.3, -0.25) is 23.4 Å². The first-order chi connectivity index (χ1) is 40.2. The molecule has 12 heteroatoms. The highest BCUT2D eigenvalue weighted by atomic mass is 31.2. The van der Waals surface area contributed by atoms with Crippen molar-refractivity contribution in [1.82, 2.24) is 0 Å². The van der Waals surface area contributed by atoms with E-state index in [1.807, 2.05) is 0 Å². The topological polar surface area (TPSA) is 155 Å². The molecule has 0 saturated carbocycles. The molecule has 0 radical (unpaired) electrons. The Kier molecular flexibility index (Phi) is 62.9. The van der Waals surface area contributed by atoms with Gasteiger partial charge in [0.1, 0.15) is 12.7 Å². The fourth-order valence-corrected chi connectivity index (χ4v) is 11.0. The number of phosphoric ester groups is 1. The third kappa shape index (κ3) is 62.2. The zero-order chi connectivity index (χ0) is 59.8. The maximum absolute atomic E-state index is 13.0. The summed E-state index contributed by atoms with van der Waals surface area (Å²) in [5, 5.41) is 9.87. The van der Waals surface area contributed by atoms with Crippen LogP contribution in [0.15, 0.2) is 36.5 Å². The minimum Gasteiger partial charge on any atom is -0.462 e. The van der Waals surface area contributed by atoms with E-state index in [9.17, 15) is 28.9 Å². The van der Waals surface area contributed by atoms with Crippen molar-refractivity contribution in [2.75, 3.05) is 26.4 Å². The first-order valence-corrected chi connectivity index (χ1v) is 36.4. The Morgan fingerprint density at radius 1 is 0.341 bits per heavy atom. The van der Waals surface area contributed by atoms with Crippen LogP contribution in [0, 0.1) is 0 Å². The van der Waals surface area contributed by atoms with Crippen LogP contribution >= 0.6 is 7.82 Å². The predicted molar refractivity (Wildman–Crippen MR) is 344 cm³/mol. The molecule has 0 aliphatic heterocycles. The van der Waals surface area contributed by atoms with Gasteiger partial charge < -0.3 is 24.2 Å². The van der Waals surface area contributed by atoms with Gasteiger partial charge in [-0.25, -0.2) is 4.57 Å². The standard InChI is InChI=1S/C70H131O11P/c1-4-7-10-13-16-19-22-25-28-31-33-36-38-41-44-47-50-53-56-59-68(72)77-63-67(81-70(74)61-58-55-52-49-46-43-40-37-34-32-29-26-23-20-17-14-11-8-5-2)65-79-82(75,76)78-64-66(62-71)80-69(73)60-57-54-51-48-45-42-39-35-30-27-24-21-18-15-12-9-6-3/h16,19,25,27-28,30,66-67,71H,4-15,17-18,20-24,26,29,31-65H2,1-3H3,(H,75,76)/b19-16-,28-25-,30-27-. The molecule has 0 saturated heterocycles. The highest BCUT2D eigenvalue weighted by molar-refractivity contribution is 7.47. The zero-order valence-corrected chi connectivity index (χ0v) is 54.6. The van der Waals surface area contributed by atoms with Crippen molar-refractivity contribution in [1.29, 1.82) is 0 Å². The maximum atomic E-state index is 13.0. The largest absolute Gasteiger partial charge is 0.472 e. The van der Waals surface area contributed by atoms with Gasteiger partial charge in [-0.05, 0) is 77.0 Å². The Hall–Kier alpha value is -2.30. The summed E-state index contributed by atoms with van der Waals surface area (Å²) >= 11 is 0. The van der Waals surface area contributed by atoms with Crippen molar-refractivity contribution in [3.63, 3.8) is 0 Å². The summed E-state index contributed by atoms with van der Waals surface area (Å²) in [6.45, 7) is 4.70. The van der Waals surface area contributed by atoms with Gasteiger partial charge >= 0.3 is 25.7 Å². The number of carbonyl (C=O) groups excluding carboxylic acids is 3. The van der Waals surface area contributed by atoms with E-state index in [-0.39, 0.29) is 25.9 Å². The number of aliphatic hydroxyl groups is 1. The van der Waals surface area contributed by atoms with Gasteiger partial charge in [0.05, 0.1) is 19.8 Å². The number of allylic oxidation sites excluding steroid dienone is 6. The molecule has 0 heterocycles. The van der Waals surface area contributed by atoms with Gasteiger partial charge in [0, 0.05) is 19.3 Å². The van der Waals surface area contributed by atoms with Crippen molar-refractivity contribution in [3.05, 3.63) is 36.5 Å². The van der Waals surface area contributed by atoms with Crippen LogP contribution in [0.5, 0.6) is 0 Å². The molecule has 0 amide bonds. The number of phosphoric acid groups is 1. The molecule has 0 aliphatic carbocycles. The number of carbonyl (C=O) groups is 3. The third-order valence-corrected chi connectivity index (χ3v) is 16.5. The number of ether oxygens (including phenoxy) is 3. The molecule has 0 aliphatic rings. The van der Waals surface area contributed by atoms with Crippen LogP contribution in [0.3, 0.4) is 0 Å². The maximum Gasteiger partial charge on any atom is 0.472 e. The molecule has 2 N–H and O–H groups in total. The van der Waals surface area contributed by atoms with Crippen molar-refractivity contribution >= 4 is 25.7 Å². The van der Waals surface area contributed by atoms with E-state index in [1.54, 1.807) is 0 Å². The van der Waals surface area contributed by atoms with Gasteiger partial charge in [0.15, 0.2) is 6.10 Å². The lowest BCUT2D eigenvalue weighted by molar-refractivity contribution is -0.161. The molecule has 3 atom stereocenters. The number of esters is 3. The molecule has 0 aromatic carbocycles. The average Bonchev–Trinajstić information content (AvgIpc) is 3.47. The van der Waals surface area contributed by atoms with E-state index < -0.39 is 57.8 Å². The SMILES string of the molecule is CCCCC/C=C\C/C=C\CCCCCCCCCCCC(=O)OCC(COP(=O)(O)OCC(CO)OC(=O)CCCCCCCCC/C=C\CCCCCCCC)OC(=O)CCCCCCCCCCCCCCCCCCCCC. The number of aliphatic hydroxyl groups excluding tert-OH is 1. The van der Waals surface area contributed by atoms with Crippen molar-refractivity contribution in [3.8, 4) is 0 Å². The van der Waals surface area contributed by atoms with Gasteiger partial charge in [0.25, 0.3) is 0 Å². The van der Waals surface area contributed by atoms with Crippen LogP contribution in [0.4, 0.5) is 0 Å². The second kappa shape index (κ2) is 64.7. The number of rotatable bonds is 66. The molecule has 0 fully saturated rings. The van der Waals surface area contributed by atoms with Crippen LogP contribution in [-0.2, 0) is 42.2 Å². The van der Waals surface area contributed by atoms with Crippen LogP contribution in [0.2, 0.25) is 0 Å². The van der Waals surface area contributed by atoms with E-state index in [4.69, 9.17) is 23.3 Å². The minimum atomic E-state index is -4.75. The summed E-state index contributed by atoms with van der Waals surface area (Å²) in [4.78, 5) is 48.9. The molecule has 0 spiro atoms. The van der Waals surface area contributed by atoms with Gasteiger partial charge in [0.2, 0.25) is 0 Å². The molecule has 0 bridgehead atoms. The first kappa shape index (κ1) is 79.7. The fourth-order valence-electron chi connectivity index (χ4n) is 10.2. The molecule has 82 heavy (non-hydrogen) atoms. The van der Waals surface area contributed by atoms with Gasteiger partial charge in [-0.15, -0.1) is 0 Å². The molecular weight excluding hydrogens is 1050 g/mol. The third-order valence-electron chi connectivity index (χ3n) is 15.5. The zero-order valence-electron chi connectivity index (χ0n) is 53.7. The monoisotopic (exact) mass is 1180 g/mol. The highest BCUT2D eigenvalue weighted by Crippen LogP contribution is 2.43. The normalized spacial score (nSPS) is 13.4. The van der Waals surface area contributed by atoms with Crippen LogP contribution in [0.1, 0.15) is 355 Å².